The van der Waals surface area contributed by atoms with Gasteiger partial charge in [0.1, 0.15) is 0 Å². The molecule has 0 heterocycles. The maximum Gasteiger partial charge on any atom is 0.160 e. The van der Waals surface area contributed by atoms with Crippen LogP contribution < -0.4 is 18.9 Å². The maximum atomic E-state index is 9.77. The largest absolute Gasteiger partial charge is 0.493 e. The number of hydrogen-bond acceptors (Lipinski definition) is 5. The van der Waals surface area contributed by atoms with Gasteiger partial charge >= 0.3 is 0 Å². The Kier molecular flexibility index (Phi) is 7.60. The number of ether oxygens (including phenoxy) is 4. The van der Waals surface area contributed by atoms with Gasteiger partial charge < -0.3 is 24.1 Å². The van der Waals surface area contributed by atoms with E-state index < -0.39 is 0 Å². The van der Waals surface area contributed by atoms with Crippen molar-refractivity contribution in [2.24, 2.45) is 5.92 Å². The molecule has 1 N–H and O–H groups in total. The Morgan fingerprint density at radius 2 is 1.23 bits per heavy atom. The second kappa shape index (κ2) is 9.92. The van der Waals surface area contributed by atoms with Crippen molar-refractivity contribution in [3.05, 3.63) is 47.5 Å². The second-order valence-electron chi connectivity index (χ2n) is 6.17. The van der Waals surface area contributed by atoms with Gasteiger partial charge in [0.15, 0.2) is 23.0 Å². The van der Waals surface area contributed by atoms with Crippen LogP contribution in [0.25, 0.3) is 0 Å². The Morgan fingerprint density at radius 1 is 0.731 bits per heavy atom. The molecule has 0 radical (unpaired) electrons. The lowest BCUT2D eigenvalue weighted by molar-refractivity contribution is 0.218. The second-order valence-corrected chi connectivity index (χ2v) is 6.17. The summed E-state index contributed by atoms with van der Waals surface area (Å²) >= 11 is 0. The molecule has 0 saturated heterocycles. The molecular formula is C21H28O5. The van der Waals surface area contributed by atoms with Crippen molar-refractivity contribution in [2.45, 2.75) is 19.3 Å². The minimum absolute atomic E-state index is 0.141. The first-order chi connectivity index (χ1) is 12.6. The zero-order valence-corrected chi connectivity index (χ0v) is 16.0. The van der Waals surface area contributed by atoms with Crippen LogP contribution in [0.2, 0.25) is 0 Å². The molecule has 0 aliphatic rings. The fraction of sp³-hybridized carbons (Fsp3) is 0.429. The van der Waals surface area contributed by atoms with Gasteiger partial charge in [0, 0.05) is 6.61 Å². The van der Waals surface area contributed by atoms with Crippen LogP contribution in [0.15, 0.2) is 36.4 Å². The van der Waals surface area contributed by atoms with E-state index in [0.29, 0.717) is 11.5 Å². The van der Waals surface area contributed by atoms with Gasteiger partial charge in [0.05, 0.1) is 28.4 Å². The molecule has 1 unspecified atom stereocenters. The van der Waals surface area contributed by atoms with E-state index in [9.17, 15) is 5.11 Å². The Labute approximate surface area is 155 Å². The molecule has 1 atom stereocenters. The number of benzene rings is 2. The Balaban J connectivity index is 2.01. The summed E-state index contributed by atoms with van der Waals surface area (Å²) in [6.45, 7) is 0.141. The highest BCUT2D eigenvalue weighted by Gasteiger charge is 2.13. The van der Waals surface area contributed by atoms with E-state index in [2.05, 4.69) is 0 Å². The molecule has 2 aromatic rings. The van der Waals surface area contributed by atoms with E-state index in [1.807, 2.05) is 36.4 Å². The van der Waals surface area contributed by atoms with Gasteiger partial charge in [-0.3, -0.25) is 0 Å². The Morgan fingerprint density at radius 3 is 1.73 bits per heavy atom. The first-order valence-corrected chi connectivity index (χ1v) is 8.67. The van der Waals surface area contributed by atoms with Crippen LogP contribution in [-0.4, -0.2) is 40.2 Å². The van der Waals surface area contributed by atoms with Gasteiger partial charge in [-0.05, 0) is 60.6 Å². The zero-order chi connectivity index (χ0) is 18.9. The number of aryl methyl sites for hydroxylation is 1. The van der Waals surface area contributed by atoms with Crippen molar-refractivity contribution in [1.29, 1.82) is 0 Å². The maximum absolute atomic E-state index is 9.77. The minimum atomic E-state index is 0.141. The van der Waals surface area contributed by atoms with Crippen LogP contribution in [-0.2, 0) is 12.8 Å². The summed E-state index contributed by atoms with van der Waals surface area (Å²) in [6.07, 6.45) is 2.52. The average Bonchev–Trinajstić information content (AvgIpc) is 2.70. The molecule has 0 amide bonds. The molecule has 5 nitrogen and oxygen atoms in total. The van der Waals surface area contributed by atoms with Crippen LogP contribution >= 0.6 is 0 Å². The highest BCUT2D eigenvalue weighted by atomic mass is 16.5. The Bertz CT molecular complexity index is 699. The molecule has 2 aromatic carbocycles. The van der Waals surface area contributed by atoms with Gasteiger partial charge in [0.25, 0.3) is 0 Å². The van der Waals surface area contributed by atoms with Crippen molar-refractivity contribution in [2.75, 3.05) is 35.0 Å². The predicted molar refractivity (Wildman–Crippen MR) is 102 cm³/mol. The molecule has 0 fully saturated rings. The topological polar surface area (TPSA) is 57.2 Å². The number of rotatable bonds is 10. The van der Waals surface area contributed by atoms with Crippen molar-refractivity contribution < 1.29 is 24.1 Å². The predicted octanol–water partition coefficient (Wildman–Crippen LogP) is 3.50. The smallest absolute Gasteiger partial charge is 0.160 e. The molecule has 0 saturated carbocycles. The van der Waals surface area contributed by atoms with E-state index in [4.69, 9.17) is 18.9 Å². The van der Waals surface area contributed by atoms with Crippen LogP contribution in [0.1, 0.15) is 17.5 Å². The third-order valence-electron chi connectivity index (χ3n) is 4.52. The van der Waals surface area contributed by atoms with Gasteiger partial charge in [-0.1, -0.05) is 12.1 Å². The molecule has 26 heavy (non-hydrogen) atoms. The van der Waals surface area contributed by atoms with E-state index in [0.717, 1.165) is 41.9 Å². The van der Waals surface area contributed by atoms with Crippen LogP contribution in [0, 0.1) is 5.92 Å². The molecular weight excluding hydrogens is 332 g/mol. The van der Waals surface area contributed by atoms with Gasteiger partial charge in [0.2, 0.25) is 0 Å². The molecule has 0 aliphatic carbocycles. The van der Waals surface area contributed by atoms with Crippen molar-refractivity contribution in [1.82, 2.24) is 0 Å². The van der Waals surface area contributed by atoms with E-state index >= 15 is 0 Å². The highest BCUT2D eigenvalue weighted by Crippen LogP contribution is 2.30. The van der Waals surface area contributed by atoms with E-state index in [1.54, 1.807) is 28.4 Å². The fourth-order valence-electron chi connectivity index (χ4n) is 3.01. The summed E-state index contributed by atoms with van der Waals surface area (Å²) in [5.41, 5.74) is 2.28. The molecule has 0 aliphatic heterocycles. The van der Waals surface area contributed by atoms with Gasteiger partial charge in [-0.25, -0.2) is 0 Å². The monoisotopic (exact) mass is 360 g/mol. The summed E-state index contributed by atoms with van der Waals surface area (Å²) in [7, 11) is 6.51. The number of aliphatic hydroxyl groups is 1. The molecule has 0 aromatic heterocycles. The van der Waals surface area contributed by atoms with Gasteiger partial charge in [-0.2, -0.15) is 0 Å². The average molecular weight is 360 g/mol. The summed E-state index contributed by atoms with van der Waals surface area (Å²) in [4.78, 5) is 0. The third kappa shape index (κ3) is 5.05. The summed E-state index contributed by atoms with van der Waals surface area (Å²) in [6, 6.07) is 11.8. The third-order valence-corrected chi connectivity index (χ3v) is 4.52. The molecule has 5 heteroatoms. The standard InChI is InChI=1S/C21H28O5/c1-23-18-9-7-15(12-20(18)25-3)5-6-17(14-22)11-16-8-10-19(24-2)21(13-16)26-4/h7-10,12-13,17,22H,5-6,11,14H2,1-4H3. The van der Waals surface area contributed by atoms with Crippen molar-refractivity contribution in [3.8, 4) is 23.0 Å². The lowest BCUT2D eigenvalue weighted by Crippen LogP contribution is -2.11. The Hall–Kier alpha value is -2.40. The number of aliphatic hydroxyl groups excluding tert-OH is 1. The van der Waals surface area contributed by atoms with E-state index in [1.165, 1.54) is 0 Å². The molecule has 0 spiro atoms. The molecule has 0 bridgehead atoms. The lowest BCUT2D eigenvalue weighted by atomic mass is 9.93. The van der Waals surface area contributed by atoms with Crippen molar-refractivity contribution >= 4 is 0 Å². The lowest BCUT2D eigenvalue weighted by Gasteiger charge is -2.16. The normalized spacial score (nSPS) is 11.7. The highest BCUT2D eigenvalue weighted by molar-refractivity contribution is 5.44. The van der Waals surface area contributed by atoms with Crippen LogP contribution in [0.4, 0.5) is 0 Å². The summed E-state index contributed by atoms with van der Waals surface area (Å²) in [5, 5.41) is 9.77. The zero-order valence-electron chi connectivity index (χ0n) is 16.0. The minimum Gasteiger partial charge on any atom is -0.493 e. The fourth-order valence-corrected chi connectivity index (χ4v) is 3.01. The number of methoxy groups -OCH3 is 4. The summed E-state index contributed by atoms with van der Waals surface area (Å²) in [5.74, 6) is 3.04. The van der Waals surface area contributed by atoms with E-state index in [-0.39, 0.29) is 12.5 Å². The quantitative estimate of drug-likeness (QED) is 0.703. The van der Waals surface area contributed by atoms with Crippen LogP contribution in [0.5, 0.6) is 23.0 Å². The first kappa shape index (κ1) is 19.9. The van der Waals surface area contributed by atoms with Crippen LogP contribution in [0.3, 0.4) is 0 Å². The first-order valence-electron chi connectivity index (χ1n) is 8.67. The van der Waals surface area contributed by atoms with Crippen molar-refractivity contribution in [3.63, 3.8) is 0 Å². The summed E-state index contributed by atoms with van der Waals surface area (Å²) < 4.78 is 21.3. The SMILES string of the molecule is COc1ccc(CCC(CO)Cc2ccc(OC)c(OC)c2)cc1OC. The molecule has 142 valence electrons. The van der Waals surface area contributed by atoms with Gasteiger partial charge in [-0.15, -0.1) is 0 Å². The number of hydrogen-bond donors (Lipinski definition) is 1. The molecule has 2 rings (SSSR count).